The van der Waals surface area contributed by atoms with Crippen molar-refractivity contribution in [2.24, 2.45) is 13.0 Å². The first-order valence-electron chi connectivity index (χ1n) is 6.72. The molecule has 1 fully saturated rings. The highest BCUT2D eigenvalue weighted by Gasteiger charge is 2.25. The summed E-state index contributed by atoms with van der Waals surface area (Å²) in [6, 6.07) is 1.54. The molecule has 0 spiro atoms. The Morgan fingerprint density at radius 1 is 1.42 bits per heavy atom. The molecule has 2 aromatic heterocycles. The van der Waals surface area contributed by atoms with E-state index in [1.165, 1.54) is 6.42 Å². The van der Waals surface area contributed by atoms with Crippen molar-refractivity contribution in [3.8, 4) is 11.3 Å². The van der Waals surface area contributed by atoms with Crippen LogP contribution < -0.4 is 5.56 Å². The van der Waals surface area contributed by atoms with Gasteiger partial charge in [0.05, 0.1) is 11.9 Å². The van der Waals surface area contributed by atoms with Gasteiger partial charge >= 0.3 is 0 Å². The average Bonchev–Trinajstić information content (AvgIpc) is 2.97. The predicted molar refractivity (Wildman–Crippen MR) is 72.8 cm³/mol. The SMILES string of the molecule is CC1CCC(c2nc(-c3cnn(C)c3)cc(=O)[nH]2)C1. The van der Waals surface area contributed by atoms with Crippen LogP contribution in [-0.2, 0) is 7.05 Å². The molecule has 2 heterocycles. The van der Waals surface area contributed by atoms with Crippen molar-refractivity contribution in [1.29, 1.82) is 0 Å². The van der Waals surface area contributed by atoms with Gasteiger partial charge in [-0.1, -0.05) is 6.92 Å². The van der Waals surface area contributed by atoms with E-state index in [1.54, 1.807) is 16.9 Å². The van der Waals surface area contributed by atoms with Crippen LogP contribution in [0.3, 0.4) is 0 Å². The minimum Gasteiger partial charge on any atom is -0.310 e. The Bertz CT molecular complexity index is 643. The maximum absolute atomic E-state index is 11.8. The van der Waals surface area contributed by atoms with Gasteiger partial charge in [0, 0.05) is 30.8 Å². The maximum Gasteiger partial charge on any atom is 0.251 e. The lowest BCUT2D eigenvalue weighted by atomic mass is 10.1. The van der Waals surface area contributed by atoms with E-state index in [0.717, 1.165) is 30.1 Å². The third-order valence-corrected chi connectivity index (χ3v) is 3.84. The third kappa shape index (κ3) is 2.45. The average molecular weight is 258 g/mol. The monoisotopic (exact) mass is 258 g/mol. The highest BCUT2D eigenvalue weighted by Crippen LogP contribution is 2.36. The number of H-pyrrole nitrogens is 1. The Morgan fingerprint density at radius 2 is 2.26 bits per heavy atom. The van der Waals surface area contributed by atoms with Crippen molar-refractivity contribution in [2.45, 2.75) is 32.1 Å². The Kier molecular flexibility index (Phi) is 2.97. The number of nitrogens with zero attached hydrogens (tertiary/aromatic N) is 3. The fraction of sp³-hybridized carbons (Fsp3) is 0.500. The van der Waals surface area contributed by atoms with Crippen molar-refractivity contribution < 1.29 is 0 Å². The molecule has 2 atom stereocenters. The van der Waals surface area contributed by atoms with Gasteiger partial charge in [-0.05, 0) is 25.2 Å². The second-order valence-electron chi connectivity index (χ2n) is 5.53. The number of aromatic amines is 1. The van der Waals surface area contributed by atoms with Gasteiger partial charge in [-0.2, -0.15) is 5.10 Å². The standard InChI is InChI=1S/C14H18N4O/c1-9-3-4-10(5-9)14-16-12(6-13(19)17-14)11-7-15-18(2)8-11/h6-10H,3-5H2,1-2H3,(H,16,17,19). The molecule has 19 heavy (non-hydrogen) atoms. The maximum atomic E-state index is 11.8. The second kappa shape index (κ2) is 4.64. The lowest BCUT2D eigenvalue weighted by Gasteiger charge is -2.09. The fourth-order valence-corrected chi connectivity index (χ4v) is 2.83. The number of hydrogen-bond donors (Lipinski definition) is 1. The molecule has 0 saturated heterocycles. The van der Waals surface area contributed by atoms with E-state index in [9.17, 15) is 4.79 Å². The van der Waals surface area contributed by atoms with Gasteiger partial charge in [-0.15, -0.1) is 0 Å². The predicted octanol–water partition coefficient (Wildman–Crippen LogP) is 2.07. The molecule has 0 amide bonds. The van der Waals surface area contributed by atoms with Crippen LogP contribution in [0.25, 0.3) is 11.3 Å². The molecule has 0 aromatic carbocycles. The summed E-state index contributed by atoms with van der Waals surface area (Å²) in [5.74, 6) is 1.94. The van der Waals surface area contributed by atoms with Gasteiger partial charge < -0.3 is 4.98 Å². The molecule has 1 saturated carbocycles. The van der Waals surface area contributed by atoms with E-state index < -0.39 is 0 Å². The van der Waals surface area contributed by atoms with Crippen LogP contribution in [0.4, 0.5) is 0 Å². The molecule has 1 aliphatic rings. The normalized spacial score (nSPS) is 22.8. The van der Waals surface area contributed by atoms with E-state index >= 15 is 0 Å². The smallest absolute Gasteiger partial charge is 0.251 e. The molecule has 0 radical (unpaired) electrons. The Morgan fingerprint density at radius 3 is 2.89 bits per heavy atom. The summed E-state index contributed by atoms with van der Waals surface area (Å²) in [6.07, 6.45) is 7.05. The molecule has 0 aliphatic heterocycles. The van der Waals surface area contributed by atoms with Gasteiger partial charge in [0.25, 0.3) is 5.56 Å². The quantitative estimate of drug-likeness (QED) is 0.897. The summed E-state index contributed by atoms with van der Waals surface area (Å²) in [5, 5.41) is 4.13. The highest BCUT2D eigenvalue weighted by atomic mass is 16.1. The topological polar surface area (TPSA) is 63.6 Å². The van der Waals surface area contributed by atoms with Gasteiger partial charge in [-0.3, -0.25) is 9.48 Å². The van der Waals surface area contributed by atoms with Crippen molar-refractivity contribution in [2.75, 3.05) is 0 Å². The molecule has 2 unspecified atom stereocenters. The van der Waals surface area contributed by atoms with E-state index in [2.05, 4.69) is 22.0 Å². The third-order valence-electron chi connectivity index (χ3n) is 3.84. The summed E-state index contributed by atoms with van der Waals surface area (Å²) in [5.41, 5.74) is 1.52. The van der Waals surface area contributed by atoms with Crippen LogP contribution in [0.5, 0.6) is 0 Å². The zero-order valence-corrected chi connectivity index (χ0v) is 11.3. The number of hydrogen-bond acceptors (Lipinski definition) is 3. The molecule has 1 N–H and O–H groups in total. The molecule has 5 heteroatoms. The van der Waals surface area contributed by atoms with Gasteiger partial charge in [0.15, 0.2) is 0 Å². The highest BCUT2D eigenvalue weighted by molar-refractivity contribution is 5.56. The zero-order chi connectivity index (χ0) is 13.4. The summed E-state index contributed by atoms with van der Waals surface area (Å²) in [6.45, 7) is 2.25. The minimum atomic E-state index is -0.0802. The number of aromatic nitrogens is 4. The second-order valence-corrected chi connectivity index (χ2v) is 5.53. The molecule has 100 valence electrons. The summed E-state index contributed by atoms with van der Waals surface area (Å²) >= 11 is 0. The summed E-state index contributed by atoms with van der Waals surface area (Å²) in [7, 11) is 1.86. The van der Waals surface area contributed by atoms with Crippen LogP contribution in [-0.4, -0.2) is 19.7 Å². The van der Waals surface area contributed by atoms with Crippen LogP contribution in [0.1, 0.15) is 37.9 Å². The largest absolute Gasteiger partial charge is 0.310 e. The van der Waals surface area contributed by atoms with Crippen LogP contribution >= 0.6 is 0 Å². The lowest BCUT2D eigenvalue weighted by molar-refractivity contribution is 0.584. The van der Waals surface area contributed by atoms with Crippen molar-refractivity contribution in [3.05, 3.63) is 34.6 Å². The molecular weight excluding hydrogens is 240 g/mol. The van der Waals surface area contributed by atoms with Gasteiger partial charge in [0.1, 0.15) is 5.82 Å². The summed E-state index contributed by atoms with van der Waals surface area (Å²) < 4.78 is 1.72. The molecule has 3 rings (SSSR count). The number of nitrogens with one attached hydrogen (secondary N) is 1. The van der Waals surface area contributed by atoms with Crippen molar-refractivity contribution in [3.63, 3.8) is 0 Å². The molecule has 2 aromatic rings. The first-order valence-corrected chi connectivity index (χ1v) is 6.72. The first kappa shape index (κ1) is 12.1. The van der Waals surface area contributed by atoms with Crippen LogP contribution in [0, 0.1) is 5.92 Å². The Balaban J connectivity index is 1.99. The Hall–Kier alpha value is -1.91. The number of aryl methyl sites for hydroxylation is 1. The first-order chi connectivity index (χ1) is 9.11. The van der Waals surface area contributed by atoms with Crippen molar-refractivity contribution >= 4 is 0 Å². The van der Waals surface area contributed by atoms with Gasteiger partial charge in [0.2, 0.25) is 0 Å². The molecular formula is C14H18N4O. The Labute approximate surface area is 111 Å². The molecule has 5 nitrogen and oxygen atoms in total. The molecule has 0 bridgehead atoms. The zero-order valence-electron chi connectivity index (χ0n) is 11.3. The molecule has 1 aliphatic carbocycles. The van der Waals surface area contributed by atoms with Crippen LogP contribution in [0.2, 0.25) is 0 Å². The van der Waals surface area contributed by atoms with E-state index in [1.807, 2.05) is 13.2 Å². The number of rotatable bonds is 2. The lowest BCUT2D eigenvalue weighted by Crippen LogP contribution is -2.13. The van der Waals surface area contributed by atoms with Gasteiger partial charge in [-0.25, -0.2) is 4.98 Å². The van der Waals surface area contributed by atoms with Crippen molar-refractivity contribution in [1.82, 2.24) is 19.7 Å². The van der Waals surface area contributed by atoms with E-state index in [-0.39, 0.29) is 5.56 Å². The minimum absolute atomic E-state index is 0.0802. The van der Waals surface area contributed by atoms with Crippen LogP contribution in [0.15, 0.2) is 23.3 Å². The van der Waals surface area contributed by atoms with E-state index in [4.69, 9.17) is 0 Å². The fourth-order valence-electron chi connectivity index (χ4n) is 2.83. The summed E-state index contributed by atoms with van der Waals surface area (Å²) in [4.78, 5) is 19.3. The van der Waals surface area contributed by atoms with E-state index in [0.29, 0.717) is 11.6 Å².